The van der Waals surface area contributed by atoms with E-state index >= 15 is 0 Å². The molecule has 0 bridgehead atoms. The Morgan fingerprint density at radius 3 is 1.44 bits per heavy atom. The minimum absolute atomic E-state index is 0.0201. The van der Waals surface area contributed by atoms with Gasteiger partial charge in [-0.2, -0.15) is 26.3 Å². The molecule has 0 unspecified atom stereocenters. The molecule has 8 aromatic rings. The van der Waals surface area contributed by atoms with Gasteiger partial charge in [0, 0.05) is 37.6 Å². The Labute approximate surface area is 416 Å². The Balaban J connectivity index is 0.000000202. The summed E-state index contributed by atoms with van der Waals surface area (Å²) in [6.07, 6.45) is -4.40. The first kappa shape index (κ1) is 54.9. The van der Waals surface area contributed by atoms with E-state index in [0.717, 1.165) is 42.8 Å². The molecule has 1 amide bonds. The summed E-state index contributed by atoms with van der Waals surface area (Å²) in [4.78, 5) is 120. The summed E-state index contributed by atoms with van der Waals surface area (Å²) in [6.45, 7) is 4.60. The number of carboxylic acids is 1. The molecule has 2 atom stereocenters. The standard InChI is InChI=1S/C23H20F3N7O4.C12H14N4O5.C11H8F3N3/c1-12(34)10-32-21(36)18-19(31(3)22(32)37)28-11-33(18)13(2)20(35)30-17-6-4-5-15(29-17)14-7-8-16(27-9-14)23(24,25)26;1-6(17)4-15-10(18)8-9(14(3)12(15)21)13-5-16(8)7(2)11(19)20;12-11(13,14)9-5-4-7(6-16-9)8-2-1-3-10(15)17-8/h4-9,11,13H,10H2,1-3H3,(H,29,30,35);5,7H,4H2,1-3H3,(H,19,20);1-6H,(H2,15,17)/t13-;7-;/m00./s1. The van der Waals surface area contributed by atoms with Crippen LogP contribution in [0.3, 0.4) is 0 Å². The number of nitrogen functional groups attached to an aromatic ring is 1. The van der Waals surface area contributed by atoms with Gasteiger partial charge in [0.25, 0.3) is 11.1 Å². The average Bonchev–Trinajstić information content (AvgIpc) is 4.01. The summed E-state index contributed by atoms with van der Waals surface area (Å²) in [5.74, 6) is -2.06. The molecule has 75 heavy (non-hydrogen) atoms. The fourth-order valence-corrected chi connectivity index (χ4v) is 7.07. The lowest BCUT2D eigenvalue weighted by Crippen LogP contribution is -2.41. The lowest BCUT2D eigenvalue weighted by molar-refractivity contribution is -0.141. The number of ketones is 2. The highest BCUT2D eigenvalue weighted by atomic mass is 19.4. The van der Waals surface area contributed by atoms with Crippen molar-refractivity contribution in [1.29, 1.82) is 0 Å². The first-order valence-corrected chi connectivity index (χ1v) is 21.7. The van der Waals surface area contributed by atoms with E-state index in [1.165, 1.54) is 81.8 Å². The number of amides is 1. The van der Waals surface area contributed by atoms with E-state index in [1.807, 2.05) is 0 Å². The summed E-state index contributed by atoms with van der Waals surface area (Å²) in [6, 6.07) is 11.8. The van der Waals surface area contributed by atoms with Gasteiger partial charge in [-0.1, -0.05) is 12.1 Å². The zero-order valence-corrected chi connectivity index (χ0v) is 40.1. The summed E-state index contributed by atoms with van der Waals surface area (Å²) in [5, 5.41) is 11.7. The Morgan fingerprint density at radius 1 is 0.627 bits per heavy atom. The monoisotopic (exact) mass is 1050 g/mol. The highest BCUT2D eigenvalue weighted by Crippen LogP contribution is 2.30. The van der Waals surface area contributed by atoms with Crippen LogP contribution < -0.4 is 33.5 Å². The van der Waals surface area contributed by atoms with E-state index in [0.29, 0.717) is 22.6 Å². The topological polar surface area (TPSA) is 302 Å². The van der Waals surface area contributed by atoms with Gasteiger partial charge in [-0.3, -0.25) is 52.2 Å². The van der Waals surface area contributed by atoms with Crippen molar-refractivity contribution >= 4 is 57.4 Å². The van der Waals surface area contributed by atoms with Crippen molar-refractivity contribution in [1.82, 2.24) is 57.3 Å². The number of aliphatic carboxylic acids is 1. The van der Waals surface area contributed by atoms with Gasteiger partial charge in [0.2, 0.25) is 5.91 Å². The Hall–Kier alpha value is -9.44. The molecule has 0 aliphatic heterocycles. The molecule has 29 heteroatoms. The molecule has 8 aromatic heterocycles. The number of alkyl halides is 6. The fraction of sp³-hybridized carbons (Fsp3) is 0.261. The van der Waals surface area contributed by atoms with Crippen molar-refractivity contribution in [2.45, 2.75) is 65.2 Å². The van der Waals surface area contributed by atoms with Gasteiger partial charge in [-0.15, -0.1) is 0 Å². The quantitative estimate of drug-likeness (QED) is 0.154. The Bertz CT molecular complexity index is 3750. The Kier molecular flexibility index (Phi) is 15.9. The molecule has 0 aliphatic rings. The number of anilines is 2. The highest BCUT2D eigenvalue weighted by molar-refractivity contribution is 5.94. The number of rotatable bonds is 11. The average molecular weight is 1050 g/mol. The molecule has 0 fully saturated rings. The van der Waals surface area contributed by atoms with E-state index < -0.39 is 82.5 Å². The van der Waals surface area contributed by atoms with Gasteiger partial charge in [-0.05, 0) is 76.2 Å². The SMILES string of the molecule is CC(=O)Cn1c(=O)c2c(ncn2[C@@H](C)C(=O)Nc2cccc(-c3ccc(C(F)(F)F)nc3)n2)n(C)c1=O.CC(=O)Cn1c(=O)c2c(ncn2[C@@H](C)C(=O)O)n(C)c1=O.Nc1cccc(-c2ccc(C(F)(F)F)nc2)n1. The van der Waals surface area contributed by atoms with Crippen LogP contribution in [0.25, 0.3) is 44.8 Å². The number of aromatic nitrogens is 12. The predicted octanol–water partition coefficient (Wildman–Crippen LogP) is 4.04. The Morgan fingerprint density at radius 2 is 1.05 bits per heavy atom. The van der Waals surface area contributed by atoms with E-state index in [4.69, 9.17) is 10.8 Å². The van der Waals surface area contributed by atoms with Crippen molar-refractivity contribution < 1.29 is 50.6 Å². The van der Waals surface area contributed by atoms with Crippen LogP contribution in [0.4, 0.5) is 38.0 Å². The van der Waals surface area contributed by atoms with Crippen molar-refractivity contribution in [3.63, 3.8) is 0 Å². The van der Waals surface area contributed by atoms with Gasteiger partial charge in [0.05, 0.1) is 37.1 Å². The van der Waals surface area contributed by atoms with Gasteiger partial charge in [0.1, 0.15) is 46.7 Å². The number of hydrogen-bond donors (Lipinski definition) is 3. The second kappa shape index (κ2) is 21.7. The maximum Gasteiger partial charge on any atom is 0.433 e. The van der Waals surface area contributed by atoms with Crippen LogP contribution >= 0.6 is 0 Å². The van der Waals surface area contributed by atoms with Crippen molar-refractivity contribution in [3.05, 3.63) is 139 Å². The van der Waals surface area contributed by atoms with Crippen LogP contribution in [0, 0.1) is 0 Å². The van der Waals surface area contributed by atoms with Gasteiger partial charge in [-0.25, -0.2) is 34.3 Å². The number of pyridine rings is 4. The summed E-state index contributed by atoms with van der Waals surface area (Å²) in [7, 11) is 2.80. The molecule has 0 saturated carbocycles. The van der Waals surface area contributed by atoms with Crippen LogP contribution in [-0.4, -0.2) is 85.9 Å². The number of aryl methyl sites for hydroxylation is 2. The van der Waals surface area contributed by atoms with Crippen molar-refractivity contribution in [3.8, 4) is 22.5 Å². The third-order valence-corrected chi connectivity index (χ3v) is 10.9. The van der Waals surface area contributed by atoms with Gasteiger partial charge < -0.3 is 25.3 Å². The molecule has 8 rings (SSSR count). The fourth-order valence-electron chi connectivity index (χ4n) is 7.07. The molecule has 0 aliphatic carbocycles. The smallest absolute Gasteiger partial charge is 0.433 e. The molecular formula is C46H42F6N14O9. The summed E-state index contributed by atoms with van der Waals surface area (Å²) in [5.41, 5.74) is 2.28. The normalized spacial score (nSPS) is 12.3. The van der Waals surface area contributed by atoms with Crippen molar-refractivity contribution in [2.24, 2.45) is 14.1 Å². The number of nitrogens with one attached hydrogen (secondary N) is 1. The van der Waals surface area contributed by atoms with E-state index in [-0.39, 0.29) is 46.2 Å². The first-order chi connectivity index (χ1) is 35.1. The van der Waals surface area contributed by atoms with Gasteiger partial charge in [0.15, 0.2) is 22.3 Å². The molecule has 8 heterocycles. The number of carbonyl (C=O) groups is 4. The highest BCUT2D eigenvalue weighted by Gasteiger charge is 2.33. The van der Waals surface area contributed by atoms with E-state index in [2.05, 4.69) is 35.2 Å². The zero-order chi connectivity index (χ0) is 55.4. The lowest BCUT2D eigenvalue weighted by Gasteiger charge is -2.15. The number of halogens is 6. The minimum Gasteiger partial charge on any atom is -0.480 e. The molecule has 0 radical (unpaired) electrons. The maximum absolute atomic E-state index is 13.0. The number of nitrogens with zero attached hydrogens (tertiary/aromatic N) is 12. The van der Waals surface area contributed by atoms with Crippen LogP contribution in [0.1, 0.15) is 51.2 Å². The third kappa shape index (κ3) is 12.1. The number of Topliss-reactive ketones (excluding diaryl/α,β-unsaturated/α-hetero) is 2. The largest absolute Gasteiger partial charge is 0.480 e. The number of fused-ring (bicyclic) bond motifs is 2. The van der Waals surface area contributed by atoms with Gasteiger partial charge >= 0.3 is 29.7 Å². The number of carboxylic acid groups (broad SMARTS) is 1. The van der Waals surface area contributed by atoms with Crippen molar-refractivity contribution in [2.75, 3.05) is 11.1 Å². The van der Waals surface area contributed by atoms with E-state index in [9.17, 15) is 64.7 Å². The number of hydrogen-bond acceptors (Lipinski definition) is 15. The molecule has 0 saturated heterocycles. The van der Waals surface area contributed by atoms with Crippen LogP contribution in [0.5, 0.6) is 0 Å². The lowest BCUT2D eigenvalue weighted by atomic mass is 10.1. The zero-order valence-electron chi connectivity index (χ0n) is 40.1. The number of imidazole rings is 2. The van der Waals surface area contributed by atoms with Crippen LogP contribution in [-0.2, 0) is 58.7 Å². The van der Waals surface area contributed by atoms with Crippen LogP contribution in [0.15, 0.2) is 105 Å². The summed E-state index contributed by atoms with van der Waals surface area (Å²) < 4.78 is 81.4. The molecule has 4 N–H and O–H groups in total. The minimum atomic E-state index is -4.57. The summed E-state index contributed by atoms with van der Waals surface area (Å²) >= 11 is 0. The third-order valence-electron chi connectivity index (χ3n) is 10.9. The molecule has 23 nitrogen and oxygen atoms in total. The van der Waals surface area contributed by atoms with E-state index in [1.54, 1.807) is 30.3 Å². The predicted molar refractivity (Wildman–Crippen MR) is 255 cm³/mol. The van der Waals surface area contributed by atoms with Crippen LogP contribution in [0.2, 0.25) is 0 Å². The number of carbonyl (C=O) groups excluding carboxylic acids is 3. The second-order valence-electron chi connectivity index (χ2n) is 16.4. The maximum atomic E-state index is 13.0. The first-order valence-electron chi connectivity index (χ1n) is 21.7. The molecular weight excluding hydrogens is 1010 g/mol. The second-order valence-corrected chi connectivity index (χ2v) is 16.4. The molecule has 0 aromatic carbocycles. The number of nitrogens with two attached hydrogens (primary N) is 1. The molecule has 392 valence electrons. The molecule has 0 spiro atoms.